The lowest BCUT2D eigenvalue weighted by molar-refractivity contribution is 0.0297. The van der Waals surface area contributed by atoms with Gasteiger partial charge in [0.25, 0.3) is 0 Å². The van der Waals surface area contributed by atoms with Gasteiger partial charge in [0, 0.05) is 6.54 Å². The molecule has 0 unspecified atom stereocenters. The van der Waals surface area contributed by atoms with Crippen LogP contribution in [0, 0.1) is 36.5 Å². The molecule has 1 aromatic carbocycles. The quantitative estimate of drug-likeness (QED) is 0.335. The van der Waals surface area contributed by atoms with Gasteiger partial charge in [0.05, 0.1) is 10.9 Å². The summed E-state index contributed by atoms with van der Waals surface area (Å²) in [6, 6.07) is 9.63. The van der Waals surface area contributed by atoms with E-state index in [-0.39, 0.29) is 6.04 Å². The SMILES string of the molecule is Cc1ccc(S(=O)(=O)N2C[C@@H]3[C@H]4CC[C@H](C4)[C@@H]3[C@@H](C)[C@@H]2c2ccn([Si](C(C)C)(C(C)C)C(C)C)c2)cc1. The summed E-state index contributed by atoms with van der Waals surface area (Å²) in [6.45, 7) is 19.4. The van der Waals surface area contributed by atoms with Crippen LogP contribution in [0.25, 0.3) is 0 Å². The Morgan fingerprint density at radius 2 is 1.49 bits per heavy atom. The highest BCUT2D eigenvalue weighted by atomic mass is 32.2. The third kappa shape index (κ3) is 4.12. The number of aromatic nitrogens is 1. The number of rotatable bonds is 7. The molecule has 5 rings (SSSR count). The summed E-state index contributed by atoms with van der Waals surface area (Å²) in [5.41, 5.74) is 4.07. The number of hydrogen-bond donors (Lipinski definition) is 0. The Kier molecular flexibility index (Phi) is 7.11. The van der Waals surface area contributed by atoms with E-state index in [2.05, 4.69) is 71.2 Å². The van der Waals surface area contributed by atoms with Crippen molar-refractivity contribution in [3.05, 3.63) is 53.9 Å². The van der Waals surface area contributed by atoms with E-state index in [1.807, 2.05) is 23.4 Å². The summed E-state index contributed by atoms with van der Waals surface area (Å²) in [5.74, 6) is 2.93. The van der Waals surface area contributed by atoms with Crippen molar-refractivity contribution < 1.29 is 8.42 Å². The van der Waals surface area contributed by atoms with Crippen molar-refractivity contribution in [2.45, 2.75) is 102 Å². The molecule has 0 spiro atoms. The fourth-order valence-corrected chi connectivity index (χ4v) is 17.9. The Morgan fingerprint density at radius 1 is 0.892 bits per heavy atom. The molecule has 2 heterocycles. The molecule has 1 aliphatic heterocycles. The number of aryl methyl sites for hydroxylation is 1. The van der Waals surface area contributed by atoms with E-state index in [1.165, 1.54) is 24.8 Å². The summed E-state index contributed by atoms with van der Waals surface area (Å²) in [5, 5.41) is 0. The Morgan fingerprint density at radius 3 is 2.08 bits per heavy atom. The van der Waals surface area contributed by atoms with Crippen molar-refractivity contribution >= 4 is 18.3 Å². The fourth-order valence-electron chi connectivity index (χ4n) is 9.63. The summed E-state index contributed by atoms with van der Waals surface area (Å²) in [4.78, 5) is 0.437. The van der Waals surface area contributed by atoms with Crippen LogP contribution in [-0.2, 0) is 10.0 Å². The van der Waals surface area contributed by atoms with Gasteiger partial charge in [0.1, 0.15) is 0 Å². The number of nitrogens with zero attached hydrogens (tertiary/aromatic N) is 2. The summed E-state index contributed by atoms with van der Waals surface area (Å²) in [7, 11) is -5.50. The summed E-state index contributed by atoms with van der Waals surface area (Å²) >= 11 is 0. The van der Waals surface area contributed by atoms with Crippen LogP contribution in [0.4, 0.5) is 0 Å². The normalized spacial score (nSPS) is 30.6. The highest BCUT2D eigenvalue weighted by Crippen LogP contribution is 2.60. The zero-order valence-corrected chi connectivity index (χ0v) is 26.0. The first kappa shape index (κ1) is 27.2. The van der Waals surface area contributed by atoms with Gasteiger partial charge in [0.2, 0.25) is 10.0 Å². The van der Waals surface area contributed by atoms with Crippen LogP contribution in [0.1, 0.15) is 84.9 Å². The van der Waals surface area contributed by atoms with Crippen molar-refractivity contribution in [3.8, 4) is 0 Å². The lowest BCUT2D eigenvalue weighted by Gasteiger charge is -2.49. The molecule has 6 atom stereocenters. The Labute approximate surface area is 227 Å². The van der Waals surface area contributed by atoms with Gasteiger partial charge in [-0.25, -0.2) is 8.42 Å². The Bertz CT molecular complexity index is 1190. The van der Waals surface area contributed by atoms with Crippen LogP contribution in [0.2, 0.25) is 16.6 Å². The number of benzene rings is 1. The van der Waals surface area contributed by atoms with Crippen molar-refractivity contribution in [3.63, 3.8) is 0 Å². The standard InChI is InChI=1S/C31H48N2O2SSi/c1-20(2)37(21(3)4,22(5)6)32-16-15-27(18-32)31-24(8)30-26-12-11-25(17-26)29(30)19-33(31)36(34,35)28-13-9-23(7)10-14-28/h9-10,13-16,18,20-22,24-26,29-31H,11-12,17,19H2,1-8H3/t24-,25+,26-,29-,30+,31-/m1/s1. The molecule has 0 N–H and O–H groups in total. The topological polar surface area (TPSA) is 42.3 Å². The van der Waals surface area contributed by atoms with Crippen LogP contribution in [0.15, 0.2) is 47.6 Å². The number of piperidine rings is 1. The summed E-state index contributed by atoms with van der Waals surface area (Å²) < 4.78 is 33.1. The molecule has 204 valence electrons. The Balaban J connectivity index is 1.61. The van der Waals surface area contributed by atoms with Gasteiger partial charge in [-0.15, -0.1) is 0 Å². The molecule has 1 saturated heterocycles. The zero-order valence-electron chi connectivity index (χ0n) is 24.2. The number of fused-ring (bicyclic) bond motifs is 5. The van der Waals surface area contributed by atoms with E-state index in [1.54, 1.807) is 12.1 Å². The molecule has 0 amide bonds. The molecule has 37 heavy (non-hydrogen) atoms. The maximum absolute atomic E-state index is 14.3. The second-order valence-electron chi connectivity index (χ2n) is 13.5. The van der Waals surface area contributed by atoms with Crippen LogP contribution < -0.4 is 0 Å². The van der Waals surface area contributed by atoms with Gasteiger partial charge in [-0.2, -0.15) is 4.31 Å². The molecule has 2 aliphatic carbocycles. The van der Waals surface area contributed by atoms with Gasteiger partial charge >= 0.3 is 0 Å². The molecule has 3 fully saturated rings. The predicted molar refractivity (Wildman–Crippen MR) is 156 cm³/mol. The third-order valence-corrected chi connectivity index (χ3v) is 19.5. The molecule has 3 aliphatic rings. The van der Waals surface area contributed by atoms with E-state index < -0.39 is 18.3 Å². The molecule has 1 aromatic heterocycles. The number of hydrogen-bond acceptors (Lipinski definition) is 2. The minimum absolute atomic E-state index is 0.105. The van der Waals surface area contributed by atoms with Crippen molar-refractivity contribution in [2.75, 3.05) is 6.54 Å². The van der Waals surface area contributed by atoms with Crippen LogP contribution in [0.3, 0.4) is 0 Å². The molecule has 0 radical (unpaired) electrons. The van der Waals surface area contributed by atoms with E-state index in [9.17, 15) is 8.42 Å². The highest BCUT2D eigenvalue weighted by Gasteiger charge is 2.57. The number of sulfonamides is 1. The van der Waals surface area contributed by atoms with Gasteiger partial charge in [-0.1, -0.05) is 66.2 Å². The van der Waals surface area contributed by atoms with E-state index in [0.717, 1.165) is 11.5 Å². The maximum Gasteiger partial charge on any atom is 0.243 e. The van der Waals surface area contributed by atoms with E-state index >= 15 is 0 Å². The van der Waals surface area contributed by atoms with Crippen LogP contribution in [0.5, 0.6) is 0 Å². The first-order valence-electron chi connectivity index (χ1n) is 14.7. The van der Waals surface area contributed by atoms with Gasteiger partial charge in [-0.05, 0) is 109 Å². The fraction of sp³-hybridized carbons (Fsp3) is 0.677. The van der Waals surface area contributed by atoms with Gasteiger partial charge < -0.3 is 4.23 Å². The summed E-state index contributed by atoms with van der Waals surface area (Å²) in [6.07, 6.45) is 8.59. The second-order valence-corrected chi connectivity index (χ2v) is 21.1. The molecular formula is C31H48N2O2SSi. The minimum Gasteiger partial charge on any atom is -0.379 e. The third-order valence-electron chi connectivity index (χ3n) is 10.9. The minimum atomic E-state index is -3.60. The average Bonchev–Trinajstić information content (AvgIpc) is 3.56. The maximum atomic E-state index is 14.3. The lowest BCUT2D eigenvalue weighted by Crippen LogP contribution is -2.52. The molecule has 2 bridgehead atoms. The van der Waals surface area contributed by atoms with E-state index in [0.29, 0.717) is 51.7 Å². The highest BCUT2D eigenvalue weighted by molar-refractivity contribution is 7.89. The van der Waals surface area contributed by atoms with E-state index in [4.69, 9.17) is 0 Å². The molecule has 2 aromatic rings. The smallest absolute Gasteiger partial charge is 0.243 e. The Hall–Kier alpha value is -1.37. The van der Waals surface area contributed by atoms with Crippen LogP contribution >= 0.6 is 0 Å². The molecule has 4 nitrogen and oxygen atoms in total. The first-order valence-corrected chi connectivity index (χ1v) is 18.3. The van der Waals surface area contributed by atoms with Crippen LogP contribution in [-0.4, -0.2) is 31.7 Å². The van der Waals surface area contributed by atoms with Crippen molar-refractivity contribution in [1.29, 1.82) is 0 Å². The largest absolute Gasteiger partial charge is 0.379 e. The molecular weight excluding hydrogens is 493 g/mol. The molecule has 2 saturated carbocycles. The average molecular weight is 541 g/mol. The monoisotopic (exact) mass is 540 g/mol. The lowest BCUT2D eigenvalue weighted by atomic mass is 9.67. The van der Waals surface area contributed by atoms with Crippen molar-refractivity contribution in [1.82, 2.24) is 8.54 Å². The van der Waals surface area contributed by atoms with Gasteiger partial charge in [-0.3, -0.25) is 0 Å². The molecule has 6 heteroatoms. The first-order chi connectivity index (χ1) is 17.4. The predicted octanol–water partition coefficient (Wildman–Crippen LogP) is 7.86. The van der Waals surface area contributed by atoms with Crippen molar-refractivity contribution in [2.24, 2.45) is 29.6 Å². The zero-order chi connectivity index (χ0) is 26.9. The van der Waals surface area contributed by atoms with Gasteiger partial charge in [0.15, 0.2) is 8.24 Å². The second kappa shape index (κ2) is 9.67.